The molecule has 0 unspecified atom stereocenters. The summed E-state index contributed by atoms with van der Waals surface area (Å²) in [6.07, 6.45) is 1.62. The van der Waals surface area contributed by atoms with Crippen LogP contribution in [0.25, 0.3) is 0 Å². The number of hydrogen-bond donors (Lipinski definition) is 2. The predicted octanol–water partition coefficient (Wildman–Crippen LogP) is 1.33. The standard InChI is InChI=1S/C11H10N4O5/c16-11(17)7-2-1-3-8(10(7)15(18)19)12-5-4-9-13-6-14-20-9/h1-3,6,12H,4-5H2,(H,16,17). The van der Waals surface area contributed by atoms with Gasteiger partial charge in [-0.15, -0.1) is 0 Å². The molecule has 0 spiro atoms. The Morgan fingerprint density at radius 1 is 1.50 bits per heavy atom. The molecular formula is C11H10N4O5. The van der Waals surface area contributed by atoms with Crippen molar-refractivity contribution in [1.29, 1.82) is 0 Å². The Balaban J connectivity index is 2.16. The van der Waals surface area contributed by atoms with E-state index in [4.69, 9.17) is 9.63 Å². The molecule has 0 atom stereocenters. The Kier molecular flexibility index (Phi) is 3.89. The first-order valence-corrected chi connectivity index (χ1v) is 5.59. The molecule has 0 amide bonds. The summed E-state index contributed by atoms with van der Waals surface area (Å²) in [5.41, 5.74) is -0.697. The molecule has 0 aliphatic heterocycles. The van der Waals surface area contributed by atoms with Gasteiger partial charge in [0.1, 0.15) is 11.3 Å². The Bertz CT molecular complexity index is 626. The molecule has 0 aliphatic rings. The zero-order valence-electron chi connectivity index (χ0n) is 10.1. The van der Waals surface area contributed by atoms with Crippen molar-refractivity contribution in [1.82, 2.24) is 10.1 Å². The highest BCUT2D eigenvalue weighted by Gasteiger charge is 2.23. The van der Waals surface area contributed by atoms with Gasteiger partial charge < -0.3 is 14.9 Å². The molecule has 0 fully saturated rings. The van der Waals surface area contributed by atoms with E-state index in [9.17, 15) is 14.9 Å². The summed E-state index contributed by atoms with van der Waals surface area (Å²) >= 11 is 0. The maximum absolute atomic E-state index is 11.0. The molecule has 2 rings (SSSR count). The lowest BCUT2D eigenvalue weighted by atomic mass is 10.1. The summed E-state index contributed by atoms with van der Waals surface area (Å²) in [7, 11) is 0. The van der Waals surface area contributed by atoms with Crippen molar-refractivity contribution in [3.05, 3.63) is 46.1 Å². The molecule has 104 valence electrons. The van der Waals surface area contributed by atoms with Gasteiger partial charge in [-0.1, -0.05) is 11.2 Å². The number of nitrogens with zero attached hydrogens (tertiary/aromatic N) is 3. The van der Waals surface area contributed by atoms with Crippen LogP contribution in [0.2, 0.25) is 0 Å². The van der Waals surface area contributed by atoms with E-state index in [2.05, 4.69) is 15.5 Å². The van der Waals surface area contributed by atoms with E-state index in [1.807, 2.05) is 0 Å². The van der Waals surface area contributed by atoms with E-state index in [1.165, 1.54) is 24.5 Å². The number of benzene rings is 1. The summed E-state index contributed by atoms with van der Waals surface area (Å²) in [6.45, 7) is 0.298. The number of carbonyl (C=O) groups is 1. The van der Waals surface area contributed by atoms with Gasteiger partial charge in [-0.2, -0.15) is 4.98 Å². The van der Waals surface area contributed by atoms with Gasteiger partial charge in [0, 0.05) is 13.0 Å². The quantitative estimate of drug-likeness (QED) is 0.597. The Hall–Kier alpha value is -2.97. The lowest BCUT2D eigenvalue weighted by Gasteiger charge is -2.07. The molecule has 1 aromatic carbocycles. The molecule has 1 aromatic heterocycles. The summed E-state index contributed by atoms with van der Waals surface area (Å²) in [4.78, 5) is 25.1. The van der Waals surface area contributed by atoms with Crippen molar-refractivity contribution in [3.8, 4) is 0 Å². The molecule has 0 bridgehead atoms. The summed E-state index contributed by atoms with van der Waals surface area (Å²) < 4.78 is 4.78. The first-order valence-electron chi connectivity index (χ1n) is 5.59. The van der Waals surface area contributed by atoms with Gasteiger partial charge in [0.2, 0.25) is 5.89 Å². The molecule has 9 nitrogen and oxygen atoms in total. The molecule has 0 radical (unpaired) electrons. The smallest absolute Gasteiger partial charge is 0.342 e. The molecule has 20 heavy (non-hydrogen) atoms. The van der Waals surface area contributed by atoms with Crippen LogP contribution >= 0.6 is 0 Å². The van der Waals surface area contributed by atoms with Crippen molar-refractivity contribution in [3.63, 3.8) is 0 Å². The van der Waals surface area contributed by atoms with Crippen LogP contribution in [0.3, 0.4) is 0 Å². The lowest BCUT2D eigenvalue weighted by molar-refractivity contribution is -0.384. The zero-order valence-corrected chi connectivity index (χ0v) is 10.1. The van der Waals surface area contributed by atoms with Crippen LogP contribution in [-0.2, 0) is 6.42 Å². The van der Waals surface area contributed by atoms with Crippen LogP contribution in [-0.4, -0.2) is 32.7 Å². The monoisotopic (exact) mass is 278 g/mol. The van der Waals surface area contributed by atoms with Crippen molar-refractivity contribution in [2.75, 3.05) is 11.9 Å². The summed E-state index contributed by atoms with van der Waals surface area (Å²) in [5.74, 6) is -0.966. The van der Waals surface area contributed by atoms with Gasteiger partial charge in [0.05, 0.1) is 4.92 Å². The highest BCUT2D eigenvalue weighted by molar-refractivity contribution is 5.95. The minimum Gasteiger partial charge on any atom is -0.477 e. The molecule has 9 heteroatoms. The predicted molar refractivity (Wildman–Crippen MR) is 66.5 cm³/mol. The largest absolute Gasteiger partial charge is 0.477 e. The number of aromatic carboxylic acids is 1. The molecule has 0 aliphatic carbocycles. The van der Waals surface area contributed by atoms with Crippen LogP contribution in [0.4, 0.5) is 11.4 Å². The second kappa shape index (κ2) is 5.78. The Morgan fingerprint density at radius 2 is 2.30 bits per heavy atom. The molecule has 2 aromatic rings. The second-order valence-corrected chi connectivity index (χ2v) is 3.78. The number of hydrogen-bond acceptors (Lipinski definition) is 7. The first-order chi connectivity index (χ1) is 9.59. The van der Waals surface area contributed by atoms with Crippen molar-refractivity contribution in [2.24, 2.45) is 0 Å². The average Bonchev–Trinajstić information content (AvgIpc) is 2.91. The number of anilines is 1. The van der Waals surface area contributed by atoms with Crippen molar-refractivity contribution in [2.45, 2.75) is 6.42 Å². The minimum absolute atomic E-state index is 0.134. The average molecular weight is 278 g/mol. The zero-order chi connectivity index (χ0) is 14.5. The SMILES string of the molecule is O=C(O)c1cccc(NCCc2ncno2)c1[N+](=O)[O-]. The first kappa shape index (κ1) is 13.5. The maximum atomic E-state index is 11.0. The number of carboxylic acids is 1. The van der Waals surface area contributed by atoms with Crippen LogP contribution in [0.1, 0.15) is 16.2 Å². The fourth-order valence-corrected chi connectivity index (χ4v) is 1.67. The van der Waals surface area contributed by atoms with Gasteiger partial charge >= 0.3 is 11.7 Å². The van der Waals surface area contributed by atoms with Crippen LogP contribution in [0, 0.1) is 10.1 Å². The number of nitrogens with one attached hydrogen (secondary N) is 1. The van der Waals surface area contributed by atoms with Crippen LogP contribution in [0.15, 0.2) is 29.0 Å². The molecule has 0 saturated heterocycles. The third kappa shape index (κ3) is 2.88. The number of nitro groups is 1. The Morgan fingerprint density at radius 3 is 2.90 bits per heavy atom. The summed E-state index contributed by atoms with van der Waals surface area (Å²) in [6, 6.07) is 4.06. The van der Waals surface area contributed by atoms with Gasteiger partial charge in [-0.3, -0.25) is 10.1 Å². The number of carboxylic acid groups (broad SMARTS) is 1. The van der Waals surface area contributed by atoms with Crippen molar-refractivity contribution >= 4 is 17.3 Å². The summed E-state index contributed by atoms with van der Waals surface area (Å²) in [5, 5.41) is 26.2. The third-order valence-electron chi connectivity index (χ3n) is 2.51. The topological polar surface area (TPSA) is 131 Å². The van der Waals surface area contributed by atoms with E-state index in [1.54, 1.807) is 0 Å². The van der Waals surface area contributed by atoms with Crippen LogP contribution < -0.4 is 5.32 Å². The van der Waals surface area contributed by atoms with Gasteiger partial charge in [-0.25, -0.2) is 4.79 Å². The van der Waals surface area contributed by atoms with E-state index in [-0.39, 0.29) is 11.3 Å². The fraction of sp³-hybridized carbons (Fsp3) is 0.182. The van der Waals surface area contributed by atoms with Gasteiger partial charge in [0.25, 0.3) is 0 Å². The minimum atomic E-state index is -1.35. The van der Waals surface area contributed by atoms with E-state index in [0.717, 1.165) is 0 Å². The normalized spacial score (nSPS) is 10.2. The molecule has 2 N–H and O–H groups in total. The van der Waals surface area contributed by atoms with E-state index >= 15 is 0 Å². The van der Waals surface area contributed by atoms with E-state index < -0.39 is 16.6 Å². The maximum Gasteiger partial charge on any atom is 0.342 e. The fourth-order valence-electron chi connectivity index (χ4n) is 1.67. The van der Waals surface area contributed by atoms with E-state index in [0.29, 0.717) is 18.9 Å². The lowest BCUT2D eigenvalue weighted by Crippen LogP contribution is -2.10. The highest BCUT2D eigenvalue weighted by atomic mass is 16.6. The molecular weight excluding hydrogens is 268 g/mol. The third-order valence-corrected chi connectivity index (χ3v) is 2.51. The molecule has 1 heterocycles. The number of para-hydroxylation sites is 1. The number of rotatable bonds is 6. The van der Waals surface area contributed by atoms with Crippen molar-refractivity contribution < 1.29 is 19.3 Å². The number of nitro benzene ring substituents is 1. The van der Waals surface area contributed by atoms with Gasteiger partial charge in [-0.05, 0) is 12.1 Å². The van der Waals surface area contributed by atoms with Gasteiger partial charge in [0.15, 0.2) is 6.33 Å². The number of aromatic nitrogens is 2. The molecule has 0 saturated carbocycles. The second-order valence-electron chi connectivity index (χ2n) is 3.78. The highest BCUT2D eigenvalue weighted by Crippen LogP contribution is 2.28. The Labute approximate surface area is 112 Å². The van der Waals surface area contributed by atoms with Crippen LogP contribution in [0.5, 0.6) is 0 Å².